The highest BCUT2D eigenvalue weighted by Crippen LogP contribution is 2.29. The third-order valence-electron chi connectivity index (χ3n) is 4.96. The Balaban J connectivity index is 1.26. The van der Waals surface area contributed by atoms with Crippen LogP contribution in [-0.2, 0) is 17.8 Å². The molecular formula is C23H26N4O2. The van der Waals surface area contributed by atoms with Crippen LogP contribution in [0.1, 0.15) is 24.1 Å². The van der Waals surface area contributed by atoms with E-state index in [0.717, 1.165) is 24.6 Å². The van der Waals surface area contributed by atoms with Gasteiger partial charge in [0, 0.05) is 24.8 Å². The van der Waals surface area contributed by atoms with Gasteiger partial charge in [0.1, 0.15) is 5.75 Å². The summed E-state index contributed by atoms with van der Waals surface area (Å²) in [6.45, 7) is 1.51. The van der Waals surface area contributed by atoms with Crippen molar-refractivity contribution in [1.29, 1.82) is 0 Å². The van der Waals surface area contributed by atoms with Crippen LogP contribution in [-0.4, -0.2) is 28.1 Å². The van der Waals surface area contributed by atoms with Crippen LogP contribution in [0.5, 0.6) is 5.75 Å². The smallest absolute Gasteiger partial charge is 0.241 e. The first-order valence-electron chi connectivity index (χ1n) is 9.99. The lowest BCUT2D eigenvalue weighted by Crippen LogP contribution is -2.37. The highest BCUT2D eigenvalue weighted by molar-refractivity contribution is 5.94. The van der Waals surface area contributed by atoms with E-state index in [1.165, 1.54) is 18.4 Å². The average Bonchev–Trinajstić information content (AvgIpc) is 3.47. The number of carbonyl (C=O) groups excluding carboxylic acids is 1. The summed E-state index contributed by atoms with van der Waals surface area (Å²) in [5.74, 6) is 1.31. The Bertz CT molecular complexity index is 933. The van der Waals surface area contributed by atoms with Crippen LogP contribution >= 0.6 is 0 Å². The zero-order valence-corrected chi connectivity index (χ0v) is 16.3. The average molecular weight is 390 g/mol. The molecule has 3 aromatic rings. The molecule has 0 spiro atoms. The molecule has 150 valence electrons. The van der Waals surface area contributed by atoms with Gasteiger partial charge in [0.05, 0.1) is 24.7 Å². The van der Waals surface area contributed by atoms with E-state index in [1.807, 2.05) is 53.2 Å². The Morgan fingerprint density at radius 1 is 1.17 bits per heavy atom. The van der Waals surface area contributed by atoms with Crippen molar-refractivity contribution in [2.75, 3.05) is 11.9 Å². The zero-order valence-electron chi connectivity index (χ0n) is 16.3. The summed E-state index contributed by atoms with van der Waals surface area (Å²) in [5.41, 5.74) is 8.79. The molecule has 4 rings (SSSR count). The van der Waals surface area contributed by atoms with Crippen molar-refractivity contribution in [3.05, 3.63) is 78.4 Å². The van der Waals surface area contributed by atoms with Crippen LogP contribution in [0.3, 0.4) is 0 Å². The van der Waals surface area contributed by atoms with Crippen molar-refractivity contribution < 1.29 is 9.53 Å². The fraction of sp³-hybridized carbons (Fsp3) is 0.304. The van der Waals surface area contributed by atoms with Crippen LogP contribution < -0.4 is 15.8 Å². The summed E-state index contributed by atoms with van der Waals surface area (Å²) in [5, 5.41) is 2.86. The van der Waals surface area contributed by atoms with Crippen LogP contribution in [0.25, 0.3) is 0 Å². The largest absolute Gasteiger partial charge is 0.493 e. The molecule has 1 amide bonds. The number of ether oxygens (including phenoxy) is 1. The first-order chi connectivity index (χ1) is 14.2. The quantitative estimate of drug-likeness (QED) is 0.588. The van der Waals surface area contributed by atoms with Gasteiger partial charge in [-0.2, -0.15) is 0 Å². The Hall–Kier alpha value is -3.12. The minimum Gasteiger partial charge on any atom is -0.493 e. The molecule has 0 saturated heterocycles. The van der Waals surface area contributed by atoms with Gasteiger partial charge in [0.2, 0.25) is 5.91 Å². The van der Waals surface area contributed by atoms with Crippen molar-refractivity contribution in [3.8, 4) is 5.75 Å². The van der Waals surface area contributed by atoms with Gasteiger partial charge in [-0.25, -0.2) is 4.98 Å². The molecule has 1 atom stereocenters. The minimum atomic E-state index is -0.666. The molecule has 1 aliphatic carbocycles. The number of anilines is 1. The van der Waals surface area contributed by atoms with Gasteiger partial charge in [0.25, 0.3) is 0 Å². The van der Waals surface area contributed by atoms with Gasteiger partial charge in [-0.15, -0.1) is 0 Å². The predicted octanol–water partition coefficient (Wildman–Crippen LogP) is 3.23. The molecule has 1 aliphatic rings. The third kappa shape index (κ3) is 5.68. The second-order valence-corrected chi connectivity index (χ2v) is 7.60. The van der Waals surface area contributed by atoms with Crippen molar-refractivity contribution in [2.24, 2.45) is 11.7 Å². The molecular weight excluding hydrogens is 364 g/mol. The van der Waals surface area contributed by atoms with E-state index in [4.69, 9.17) is 10.5 Å². The Labute approximate surface area is 170 Å². The summed E-state index contributed by atoms with van der Waals surface area (Å²) in [7, 11) is 0. The van der Waals surface area contributed by atoms with E-state index < -0.39 is 6.04 Å². The van der Waals surface area contributed by atoms with Crippen LogP contribution in [0.15, 0.2) is 67.1 Å². The molecule has 3 N–H and O–H groups in total. The first-order valence-corrected chi connectivity index (χ1v) is 9.99. The van der Waals surface area contributed by atoms with Gasteiger partial charge in [0.15, 0.2) is 0 Å². The van der Waals surface area contributed by atoms with Gasteiger partial charge in [-0.05, 0) is 48.6 Å². The number of rotatable bonds is 9. The summed E-state index contributed by atoms with van der Waals surface area (Å²) >= 11 is 0. The van der Waals surface area contributed by atoms with Crippen LogP contribution in [0, 0.1) is 5.92 Å². The maximum absolute atomic E-state index is 12.4. The molecule has 1 heterocycles. The Morgan fingerprint density at radius 3 is 2.66 bits per heavy atom. The van der Waals surface area contributed by atoms with E-state index in [1.54, 1.807) is 6.33 Å². The lowest BCUT2D eigenvalue weighted by molar-refractivity contribution is -0.117. The van der Waals surface area contributed by atoms with Gasteiger partial charge < -0.3 is 20.4 Å². The zero-order chi connectivity index (χ0) is 20.1. The number of hydrogen-bond donors (Lipinski definition) is 2. The lowest BCUT2D eigenvalue weighted by Gasteiger charge is -2.12. The molecule has 29 heavy (non-hydrogen) atoms. The number of benzene rings is 2. The Morgan fingerprint density at radius 2 is 1.93 bits per heavy atom. The topological polar surface area (TPSA) is 82.2 Å². The number of nitrogens with one attached hydrogen (secondary N) is 1. The molecule has 1 fully saturated rings. The van der Waals surface area contributed by atoms with Gasteiger partial charge in [-0.3, -0.25) is 4.79 Å². The molecule has 1 aromatic heterocycles. The number of hydrogen-bond acceptors (Lipinski definition) is 4. The highest BCUT2D eigenvalue weighted by atomic mass is 16.5. The predicted molar refractivity (Wildman–Crippen MR) is 113 cm³/mol. The summed E-state index contributed by atoms with van der Waals surface area (Å²) in [6, 6.07) is 16.9. The second kappa shape index (κ2) is 8.92. The fourth-order valence-corrected chi connectivity index (χ4v) is 3.08. The third-order valence-corrected chi connectivity index (χ3v) is 4.96. The minimum absolute atomic E-state index is 0.228. The van der Waals surface area contributed by atoms with Crippen molar-refractivity contribution in [1.82, 2.24) is 9.55 Å². The molecule has 0 radical (unpaired) electrons. The van der Waals surface area contributed by atoms with Crippen LogP contribution in [0.4, 0.5) is 5.69 Å². The standard InChI is InChI=1S/C23H26N4O2/c24-22(12-20-14-27(16-25-20)13-17-4-2-1-3-5-17)23(28)26-19-8-10-21(11-9-19)29-15-18-6-7-18/h1-5,8-11,14,16,18,22H,6-7,12-13,15,24H2,(H,26,28)/t22-/m0/s1. The summed E-state index contributed by atoms with van der Waals surface area (Å²) in [4.78, 5) is 16.8. The van der Waals surface area contributed by atoms with Crippen molar-refractivity contribution in [3.63, 3.8) is 0 Å². The van der Waals surface area contributed by atoms with E-state index in [9.17, 15) is 4.79 Å². The number of amides is 1. The number of imidazole rings is 1. The maximum atomic E-state index is 12.4. The lowest BCUT2D eigenvalue weighted by atomic mass is 10.1. The fourth-order valence-electron chi connectivity index (χ4n) is 3.08. The van der Waals surface area contributed by atoms with Crippen molar-refractivity contribution in [2.45, 2.75) is 31.8 Å². The molecule has 2 aromatic carbocycles. The van der Waals surface area contributed by atoms with E-state index >= 15 is 0 Å². The second-order valence-electron chi connectivity index (χ2n) is 7.60. The number of carbonyl (C=O) groups is 1. The Kier molecular flexibility index (Phi) is 5.91. The number of nitrogens with zero attached hydrogens (tertiary/aromatic N) is 2. The van der Waals surface area contributed by atoms with Crippen molar-refractivity contribution >= 4 is 11.6 Å². The molecule has 6 nitrogen and oxygen atoms in total. The molecule has 0 unspecified atom stereocenters. The molecule has 0 aliphatic heterocycles. The monoisotopic (exact) mass is 390 g/mol. The molecule has 0 bridgehead atoms. The normalized spacial score (nSPS) is 14.4. The van der Waals surface area contributed by atoms with Gasteiger partial charge >= 0.3 is 0 Å². The first kappa shape index (κ1) is 19.2. The summed E-state index contributed by atoms with van der Waals surface area (Å²) < 4.78 is 7.71. The van der Waals surface area contributed by atoms with Gasteiger partial charge in [-0.1, -0.05) is 30.3 Å². The van der Waals surface area contributed by atoms with E-state index in [0.29, 0.717) is 18.0 Å². The highest BCUT2D eigenvalue weighted by Gasteiger charge is 2.22. The van der Waals surface area contributed by atoms with Crippen LogP contribution in [0.2, 0.25) is 0 Å². The summed E-state index contributed by atoms with van der Waals surface area (Å²) in [6.07, 6.45) is 6.61. The number of aromatic nitrogens is 2. The number of nitrogens with two attached hydrogens (primary N) is 1. The molecule has 1 saturated carbocycles. The van der Waals surface area contributed by atoms with E-state index in [2.05, 4.69) is 22.4 Å². The van der Waals surface area contributed by atoms with E-state index in [-0.39, 0.29) is 5.91 Å². The maximum Gasteiger partial charge on any atom is 0.241 e. The SMILES string of the molecule is N[C@@H](Cc1cn(Cc2ccccc2)cn1)C(=O)Nc1ccc(OCC2CC2)cc1. The molecule has 6 heteroatoms.